The summed E-state index contributed by atoms with van der Waals surface area (Å²) in [5, 5.41) is 0.957. The van der Waals surface area contributed by atoms with Crippen LogP contribution >= 0.6 is 35.3 Å². The first-order valence-corrected chi connectivity index (χ1v) is 10.4. The molecule has 0 unspecified atom stereocenters. The molecule has 0 N–H and O–H groups in total. The second kappa shape index (κ2) is 9.72. The van der Waals surface area contributed by atoms with Gasteiger partial charge in [0.2, 0.25) is 0 Å². The van der Waals surface area contributed by atoms with Gasteiger partial charge in [0.15, 0.2) is 5.13 Å². The number of carbonyl (C=O) groups excluding carboxylic acids is 1. The van der Waals surface area contributed by atoms with Crippen LogP contribution in [0.1, 0.15) is 22.3 Å². The van der Waals surface area contributed by atoms with Crippen LogP contribution in [0, 0.1) is 18.6 Å². The Kier molecular flexibility index (Phi) is 7.25. The van der Waals surface area contributed by atoms with E-state index < -0.39 is 17.5 Å². The molecular weight excluding hydrogens is 465 g/mol. The molecule has 10 heteroatoms. The van der Waals surface area contributed by atoms with Crippen LogP contribution in [0.4, 0.5) is 13.9 Å². The van der Waals surface area contributed by atoms with Gasteiger partial charge in [-0.2, -0.15) is 0 Å². The summed E-state index contributed by atoms with van der Waals surface area (Å²) >= 11 is 7.59. The predicted molar refractivity (Wildman–Crippen MR) is 121 cm³/mol. The molecule has 2 aromatic carbocycles. The maximum Gasteiger partial charge on any atom is 0.263 e. The van der Waals surface area contributed by atoms with Crippen molar-refractivity contribution in [1.29, 1.82) is 0 Å². The summed E-state index contributed by atoms with van der Waals surface area (Å²) < 4.78 is 30.3. The number of fused-ring (bicyclic) bond motifs is 1. The quantitative estimate of drug-likeness (QED) is 0.344. The van der Waals surface area contributed by atoms with Crippen molar-refractivity contribution in [3.8, 4) is 0 Å². The summed E-state index contributed by atoms with van der Waals surface area (Å²) in [6.45, 7) is 2.83. The molecule has 0 atom stereocenters. The zero-order chi connectivity index (χ0) is 21.3. The molecule has 2 heterocycles. The normalized spacial score (nSPS) is 10.8. The fraction of sp³-hybridized carbons (Fsp3) is 0.190. The highest BCUT2D eigenvalue weighted by molar-refractivity contribution is 7.23. The molecule has 0 radical (unpaired) electrons. The smallest absolute Gasteiger partial charge is 0.263 e. The van der Waals surface area contributed by atoms with E-state index >= 15 is 0 Å². The Labute approximate surface area is 192 Å². The van der Waals surface area contributed by atoms with Crippen LogP contribution in [0.5, 0.6) is 0 Å². The van der Waals surface area contributed by atoms with Crippen molar-refractivity contribution in [3.63, 3.8) is 0 Å². The van der Waals surface area contributed by atoms with E-state index in [2.05, 4.69) is 9.97 Å². The van der Waals surface area contributed by atoms with Crippen LogP contribution in [0.3, 0.4) is 0 Å². The minimum Gasteiger partial charge on any atom is -0.337 e. The number of nitrogens with zero attached hydrogens (tertiary/aromatic N) is 4. The highest BCUT2D eigenvalue weighted by Crippen LogP contribution is 2.36. The van der Waals surface area contributed by atoms with Gasteiger partial charge in [-0.3, -0.25) is 9.69 Å². The summed E-state index contributed by atoms with van der Waals surface area (Å²) in [6.07, 6.45) is 5.78. The van der Waals surface area contributed by atoms with Crippen LogP contribution in [-0.2, 0) is 6.54 Å². The molecule has 0 saturated carbocycles. The lowest BCUT2D eigenvalue weighted by Crippen LogP contribution is -2.33. The molecule has 0 aliphatic carbocycles. The molecule has 5 nitrogen and oxygen atoms in total. The van der Waals surface area contributed by atoms with Crippen molar-refractivity contribution < 1.29 is 13.6 Å². The molecule has 1 amide bonds. The predicted octanol–water partition coefficient (Wildman–Crippen LogP) is 5.89. The standard InChI is InChI=1S/C21H17ClF2N4OS.ClH/c1-13-3-6-16(22)19-18(13)26-21(30-19)28(9-2-8-27-10-7-25-12-27)20(29)15-5-4-14(23)11-17(15)24;/h3-7,10-12H,2,8-9H2,1H3;1H. The first-order chi connectivity index (χ1) is 14.4. The number of halogens is 4. The molecule has 0 aliphatic rings. The third kappa shape index (κ3) is 4.87. The van der Waals surface area contributed by atoms with Crippen molar-refractivity contribution in [1.82, 2.24) is 14.5 Å². The number of benzene rings is 2. The van der Waals surface area contributed by atoms with Crippen molar-refractivity contribution in [2.24, 2.45) is 0 Å². The highest BCUT2D eigenvalue weighted by atomic mass is 35.5. The summed E-state index contributed by atoms with van der Waals surface area (Å²) in [4.78, 5) is 23.2. The van der Waals surface area contributed by atoms with Gasteiger partial charge in [0, 0.05) is 31.5 Å². The van der Waals surface area contributed by atoms with E-state index in [-0.39, 0.29) is 18.0 Å². The summed E-state index contributed by atoms with van der Waals surface area (Å²) in [7, 11) is 0. The Morgan fingerprint density at radius 3 is 2.74 bits per heavy atom. The average molecular weight is 483 g/mol. The number of aryl methyl sites for hydroxylation is 2. The fourth-order valence-corrected chi connectivity index (χ4v) is 4.47. The van der Waals surface area contributed by atoms with Crippen LogP contribution in [-0.4, -0.2) is 27.0 Å². The summed E-state index contributed by atoms with van der Waals surface area (Å²) in [6, 6.07) is 6.57. The SMILES string of the molecule is Cc1ccc(Cl)c2sc(N(CCCn3ccnc3)C(=O)c3ccc(F)cc3F)nc12.Cl. The minimum absolute atomic E-state index is 0. The molecule has 0 saturated heterocycles. The number of hydrogen-bond donors (Lipinski definition) is 0. The van der Waals surface area contributed by atoms with Crippen LogP contribution in [0.2, 0.25) is 5.02 Å². The van der Waals surface area contributed by atoms with Gasteiger partial charge in [0.25, 0.3) is 5.91 Å². The highest BCUT2D eigenvalue weighted by Gasteiger charge is 2.24. The van der Waals surface area contributed by atoms with Gasteiger partial charge in [-0.25, -0.2) is 18.7 Å². The third-order valence-electron chi connectivity index (χ3n) is 4.68. The number of thiazole rings is 1. The van der Waals surface area contributed by atoms with Gasteiger partial charge < -0.3 is 4.57 Å². The summed E-state index contributed by atoms with van der Waals surface area (Å²) in [5.41, 5.74) is 1.42. The maximum atomic E-state index is 14.3. The third-order valence-corrected chi connectivity index (χ3v) is 6.22. The van der Waals surface area contributed by atoms with Gasteiger partial charge in [0.05, 0.1) is 27.1 Å². The van der Waals surface area contributed by atoms with E-state index in [0.717, 1.165) is 22.4 Å². The fourth-order valence-electron chi connectivity index (χ4n) is 3.13. The number of hydrogen-bond acceptors (Lipinski definition) is 4. The van der Waals surface area contributed by atoms with Crippen molar-refractivity contribution in [3.05, 3.63) is 76.8 Å². The number of rotatable bonds is 6. The maximum absolute atomic E-state index is 14.3. The second-order valence-electron chi connectivity index (χ2n) is 6.77. The van der Waals surface area contributed by atoms with Crippen molar-refractivity contribution in [2.75, 3.05) is 11.4 Å². The topological polar surface area (TPSA) is 51.0 Å². The Hall–Kier alpha value is -2.55. The molecule has 0 bridgehead atoms. The zero-order valence-electron chi connectivity index (χ0n) is 16.4. The Morgan fingerprint density at radius 1 is 1.26 bits per heavy atom. The lowest BCUT2D eigenvalue weighted by Gasteiger charge is -2.20. The Morgan fingerprint density at radius 2 is 2.06 bits per heavy atom. The molecule has 4 aromatic rings. The van der Waals surface area contributed by atoms with Gasteiger partial charge in [0.1, 0.15) is 11.6 Å². The molecule has 2 aromatic heterocycles. The zero-order valence-corrected chi connectivity index (χ0v) is 18.8. The van der Waals surface area contributed by atoms with Gasteiger partial charge in [-0.1, -0.05) is 29.0 Å². The van der Waals surface area contributed by atoms with Crippen LogP contribution < -0.4 is 4.90 Å². The van der Waals surface area contributed by atoms with Crippen LogP contribution in [0.25, 0.3) is 10.2 Å². The molecular formula is C21H18Cl2F2N4OS. The molecule has 4 rings (SSSR count). The minimum atomic E-state index is -0.907. The van der Waals surface area contributed by atoms with Crippen molar-refractivity contribution >= 4 is 56.6 Å². The molecule has 31 heavy (non-hydrogen) atoms. The van der Waals surface area contributed by atoms with E-state index in [1.165, 1.54) is 16.2 Å². The Balaban J connectivity index is 0.00000272. The van der Waals surface area contributed by atoms with E-state index in [1.807, 2.05) is 23.8 Å². The molecule has 0 aliphatic heterocycles. The first-order valence-electron chi connectivity index (χ1n) is 9.22. The number of imidazole rings is 1. The molecule has 162 valence electrons. The second-order valence-corrected chi connectivity index (χ2v) is 8.16. The molecule has 0 spiro atoms. The van der Waals surface area contributed by atoms with E-state index in [1.54, 1.807) is 18.6 Å². The van der Waals surface area contributed by atoms with Gasteiger partial charge >= 0.3 is 0 Å². The van der Waals surface area contributed by atoms with E-state index in [9.17, 15) is 13.6 Å². The Bertz CT molecular complexity index is 1170. The lowest BCUT2D eigenvalue weighted by atomic mass is 10.1. The largest absolute Gasteiger partial charge is 0.337 e. The van der Waals surface area contributed by atoms with E-state index in [0.29, 0.717) is 41.2 Å². The molecule has 0 fully saturated rings. The van der Waals surface area contributed by atoms with E-state index in [4.69, 9.17) is 11.6 Å². The number of carbonyl (C=O) groups is 1. The van der Waals surface area contributed by atoms with Crippen LogP contribution in [0.15, 0.2) is 49.1 Å². The number of aromatic nitrogens is 3. The monoisotopic (exact) mass is 482 g/mol. The first kappa shape index (κ1) is 23.1. The number of anilines is 1. The van der Waals surface area contributed by atoms with Gasteiger partial charge in [-0.05, 0) is 37.1 Å². The summed E-state index contributed by atoms with van der Waals surface area (Å²) in [5.74, 6) is -2.22. The van der Waals surface area contributed by atoms with Gasteiger partial charge in [-0.15, -0.1) is 12.4 Å². The number of amides is 1. The lowest BCUT2D eigenvalue weighted by molar-refractivity contribution is 0.0982. The van der Waals surface area contributed by atoms with Crippen molar-refractivity contribution in [2.45, 2.75) is 19.9 Å². The average Bonchev–Trinajstić information content (AvgIpc) is 3.38.